The summed E-state index contributed by atoms with van der Waals surface area (Å²) >= 11 is 6.59. The molecule has 2 amide bonds. The lowest BCUT2D eigenvalue weighted by Gasteiger charge is -2.11. The van der Waals surface area contributed by atoms with Crippen molar-refractivity contribution in [3.8, 4) is 0 Å². The Bertz CT molecular complexity index is 194. The van der Waals surface area contributed by atoms with E-state index >= 15 is 0 Å². The highest BCUT2D eigenvalue weighted by Crippen LogP contribution is 2.19. The highest BCUT2D eigenvalue weighted by Gasteiger charge is 2.28. The zero-order valence-electron chi connectivity index (χ0n) is 7.29. The molecule has 0 unspecified atom stereocenters. The van der Waals surface area contributed by atoms with E-state index in [0.29, 0.717) is 18.2 Å². The average Bonchev–Trinajstić information content (AvgIpc) is 2.42. The Morgan fingerprint density at radius 2 is 2.08 bits per heavy atom. The number of alkyl halides is 1. The first-order valence-electron chi connectivity index (χ1n) is 4.29. The number of unbranched alkanes of at least 4 members (excludes halogenated alkanes) is 2. The van der Waals surface area contributed by atoms with E-state index in [1.165, 1.54) is 4.90 Å². The van der Waals surface area contributed by atoms with Gasteiger partial charge in [0.1, 0.15) is 0 Å². The van der Waals surface area contributed by atoms with Crippen LogP contribution in [0, 0.1) is 0 Å². The fraction of sp³-hybridized carbons (Fsp3) is 0.750. The number of rotatable bonds is 5. The Hall–Kier alpha value is -0.220. The van der Waals surface area contributed by atoms with Crippen LogP contribution in [0.15, 0.2) is 0 Å². The van der Waals surface area contributed by atoms with Crippen LogP contribution in [0.5, 0.6) is 0 Å². The highest BCUT2D eigenvalue weighted by atomic mass is 35.5. The van der Waals surface area contributed by atoms with E-state index in [1.54, 1.807) is 0 Å². The summed E-state index contributed by atoms with van der Waals surface area (Å²) < 4.78 is 0. The second-order valence-corrected chi connectivity index (χ2v) is 4.15. The lowest BCUT2D eigenvalue weighted by atomic mass is 10.2. The Morgan fingerprint density at radius 3 is 2.62 bits per heavy atom. The molecule has 0 saturated carbocycles. The summed E-state index contributed by atoms with van der Waals surface area (Å²) in [7, 11) is 0. The van der Waals surface area contributed by atoms with Crippen molar-refractivity contribution in [2.45, 2.75) is 19.3 Å². The SMILES string of the molecule is O=C1CSC(=O)N1CCCCCCl. The topological polar surface area (TPSA) is 37.4 Å². The third-order valence-corrected chi connectivity index (χ3v) is 2.98. The van der Waals surface area contributed by atoms with Gasteiger partial charge in [0, 0.05) is 12.4 Å². The van der Waals surface area contributed by atoms with Crippen molar-refractivity contribution in [1.29, 1.82) is 0 Å². The van der Waals surface area contributed by atoms with Gasteiger partial charge in [-0.1, -0.05) is 18.2 Å². The fourth-order valence-corrected chi connectivity index (χ4v) is 2.08. The van der Waals surface area contributed by atoms with Crippen LogP contribution in [-0.4, -0.2) is 34.2 Å². The minimum atomic E-state index is -0.101. The molecule has 13 heavy (non-hydrogen) atoms. The van der Waals surface area contributed by atoms with Crippen LogP contribution in [-0.2, 0) is 4.79 Å². The molecule has 0 aliphatic carbocycles. The first-order valence-corrected chi connectivity index (χ1v) is 5.81. The summed E-state index contributed by atoms with van der Waals surface area (Å²) in [6, 6.07) is 0. The standard InChI is InChI=1S/C8H12ClNO2S/c9-4-2-1-3-5-10-7(11)6-13-8(10)12/h1-6H2. The van der Waals surface area contributed by atoms with Gasteiger partial charge in [0.15, 0.2) is 0 Å². The lowest BCUT2D eigenvalue weighted by molar-refractivity contribution is -0.124. The molecule has 5 heteroatoms. The number of carbonyl (C=O) groups excluding carboxylic acids is 2. The molecule has 0 spiro atoms. The number of carbonyl (C=O) groups is 2. The molecule has 0 bridgehead atoms. The number of amides is 2. The second-order valence-electron chi connectivity index (χ2n) is 2.85. The van der Waals surface area contributed by atoms with Crippen LogP contribution in [0.25, 0.3) is 0 Å². The Morgan fingerprint density at radius 1 is 1.31 bits per heavy atom. The van der Waals surface area contributed by atoms with E-state index in [1.807, 2.05) is 0 Å². The van der Waals surface area contributed by atoms with E-state index in [0.717, 1.165) is 31.0 Å². The molecule has 1 heterocycles. The number of nitrogens with zero attached hydrogens (tertiary/aromatic N) is 1. The van der Waals surface area contributed by atoms with Gasteiger partial charge in [-0.25, -0.2) is 0 Å². The van der Waals surface area contributed by atoms with Crippen LogP contribution >= 0.6 is 23.4 Å². The molecule has 0 atom stereocenters. The third-order valence-electron chi connectivity index (χ3n) is 1.86. The van der Waals surface area contributed by atoms with Crippen molar-refractivity contribution in [3.63, 3.8) is 0 Å². The molecular weight excluding hydrogens is 210 g/mol. The van der Waals surface area contributed by atoms with E-state index in [4.69, 9.17) is 11.6 Å². The van der Waals surface area contributed by atoms with Crippen LogP contribution in [0.1, 0.15) is 19.3 Å². The molecule has 0 aromatic carbocycles. The van der Waals surface area contributed by atoms with Gasteiger partial charge < -0.3 is 0 Å². The first-order chi connectivity index (χ1) is 6.25. The molecular formula is C8H12ClNO2S. The molecule has 0 aromatic rings. The largest absolute Gasteiger partial charge is 0.288 e. The summed E-state index contributed by atoms with van der Waals surface area (Å²) in [5.74, 6) is 0.909. The molecule has 1 rings (SSSR count). The first kappa shape index (κ1) is 10.9. The van der Waals surface area contributed by atoms with E-state index < -0.39 is 0 Å². The van der Waals surface area contributed by atoms with Crippen molar-refractivity contribution < 1.29 is 9.59 Å². The number of hydrogen-bond acceptors (Lipinski definition) is 3. The molecule has 0 aromatic heterocycles. The van der Waals surface area contributed by atoms with Crippen molar-refractivity contribution in [2.24, 2.45) is 0 Å². The lowest BCUT2D eigenvalue weighted by Crippen LogP contribution is -2.29. The summed E-state index contributed by atoms with van der Waals surface area (Å²) in [5.41, 5.74) is 0. The minimum Gasteiger partial charge on any atom is -0.273 e. The summed E-state index contributed by atoms with van der Waals surface area (Å²) in [5, 5.41) is -0.101. The van der Waals surface area contributed by atoms with E-state index in [2.05, 4.69) is 0 Å². The van der Waals surface area contributed by atoms with Gasteiger partial charge in [0.05, 0.1) is 5.75 Å². The molecule has 1 aliphatic rings. The van der Waals surface area contributed by atoms with Crippen LogP contribution in [0.3, 0.4) is 0 Å². The normalized spacial score (nSPS) is 17.2. The van der Waals surface area contributed by atoms with Crippen LogP contribution < -0.4 is 0 Å². The summed E-state index contributed by atoms with van der Waals surface area (Å²) in [6.45, 7) is 0.557. The van der Waals surface area contributed by atoms with Crippen molar-refractivity contribution in [1.82, 2.24) is 4.90 Å². The zero-order chi connectivity index (χ0) is 9.68. The minimum absolute atomic E-state index is 0.0547. The van der Waals surface area contributed by atoms with Crippen LogP contribution in [0.2, 0.25) is 0 Å². The van der Waals surface area contributed by atoms with Crippen molar-refractivity contribution in [2.75, 3.05) is 18.2 Å². The van der Waals surface area contributed by atoms with Crippen LogP contribution in [0.4, 0.5) is 4.79 Å². The van der Waals surface area contributed by atoms with Crippen molar-refractivity contribution in [3.05, 3.63) is 0 Å². The molecule has 1 aliphatic heterocycles. The predicted octanol–water partition coefficient (Wildman–Crippen LogP) is 2.09. The molecule has 1 saturated heterocycles. The predicted molar refractivity (Wildman–Crippen MR) is 54.1 cm³/mol. The van der Waals surface area contributed by atoms with Gasteiger partial charge in [-0.2, -0.15) is 0 Å². The van der Waals surface area contributed by atoms with E-state index in [9.17, 15) is 9.59 Å². The third kappa shape index (κ3) is 3.19. The highest BCUT2D eigenvalue weighted by molar-refractivity contribution is 8.14. The number of hydrogen-bond donors (Lipinski definition) is 0. The maximum Gasteiger partial charge on any atom is 0.288 e. The maximum absolute atomic E-state index is 11.1. The van der Waals surface area contributed by atoms with Gasteiger partial charge in [-0.3, -0.25) is 14.5 Å². The molecule has 3 nitrogen and oxygen atoms in total. The van der Waals surface area contributed by atoms with Gasteiger partial charge >= 0.3 is 0 Å². The second kappa shape index (κ2) is 5.50. The summed E-state index contributed by atoms with van der Waals surface area (Å²) in [4.78, 5) is 23.5. The number of thioether (sulfide) groups is 1. The maximum atomic E-state index is 11.1. The average molecular weight is 222 g/mol. The van der Waals surface area contributed by atoms with Gasteiger partial charge in [0.2, 0.25) is 5.91 Å². The quantitative estimate of drug-likeness (QED) is 0.527. The molecule has 1 fully saturated rings. The Kier molecular flexibility index (Phi) is 4.59. The fourth-order valence-electron chi connectivity index (χ4n) is 1.14. The van der Waals surface area contributed by atoms with Crippen molar-refractivity contribution >= 4 is 34.5 Å². The monoisotopic (exact) mass is 221 g/mol. The van der Waals surface area contributed by atoms with Gasteiger partial charge in [0.25, 0.3) is 5.24 Å². The van der Waals surface area contributed by atoms with Gasteiger partial charge in [-0.05, 0) is 12.8 Å². The van der Waals surface area contributed by atoms with E-state index in [-0.39, 0.29) is 11.1 Å². The Balaban J connectivity index is 2.20. The van der Waals surface area contributed by atoms with Gasteiger partial charge in [-0.15, -0.1) is 11.6 Å². The smallest absolute Gasteiger partial charge is 0.273 e. The molecule has 0 radical (unpaired) electrons. The summed E-state index contributed by atoms with van der Waals surface area (Å²) in [6.07, 6.45) is 2.79. The zero-order valence-corrected chi connectivity index (χ0v) is 8.86. The number of imide groups is 1. The number of halogens is 1. The molecule has 0 N–H and O–H groups in total. The Labute approximate surface area is 86.8 Å². The molecule has 74 valence electrons.